The molecule has 7 aromatic carbocycles. The lowest BCUT2D eigenvalue weighted by atomic mass is 10.1. The first-order valence-electron chi connectivity index (χ1n) is 19.8. The molecule has 0 aliphatic carbocycles. The van der Waals surface area contributed by atoms with E-state index in [0.29, 0.717) is 72.0 Å². The van der Waals surface area contributed by atoms with Gasteiger partial charge in [0, 0.05) is 17.5 Å². The molecule has 0 bridgehead atoms. The molecule has 304 valence electrons. The van der Waals surface area contributed by atoms with E-state index in [-0.39, 0.29) is 19.8 Å². The van der Waals surface area contributed by atoms with Crippen molar-refractivity contribution in [3.8, 4) is 40.2 Å². The molecule has 0 atom stereocenters. The van der Waals surface area contributed by atoms with Crippen LogP contribution in [-0.4, -0.2) is 6.61 Å². The van der Waals surface area contributed by atoms with Gasteiger partial charge in [0.25, 0.3) is 0 Å². The normalized spacial score (nSPS) is 10.7. The predicted molar refractivity (Wildman–Crippen MR) is 239 cm³/mol. The molecule has 60 heavy (non-hydrogen) atoms. The van der Waals surface area contributed by atoms with Gasteiger partial charge in [0.1, 0.15) is 69.2 Å². The second-order valence-electron chi connectivity index (χ2n) is 14.0. The van der Waals surface area contributed by atoms with E-state index in [1.165, 1.54) is 0 Å². The third-order valence-electron chi connectivity index (χ3n) is 9.24. The van der Waals surface area contributed by atoms with Crippen LogP contribution in [0, 0.1) is 0 Å². The minimum absolute atomic E-state index is 0.211. The average Bonchev–Trinajstić information content (AvgIpc) is 3.30. The van der Waals surface area contributed by atoms with Crippen LogP contribution in [0.5, 0.6) is 40.2 Å². The lowest BCUT2D eigenvalue weighted by molar-refractivity contribution is 0.245. The summed E-state index contributed by atoms with van der Waals surface area (Å²) in [6.07, 6.45) is 1.69. The molecule has 0 aliphatic heterocycles. The Morgan fingerprint density at radius 1 is 0.350 bits per heavy atom. The van der Waals surface area contributed by atoms with Crippen molar-refractivity contribution in [1.82, 2.24) is 0 Å². The highest BCUT2D eigenvalue weighted by Gasteiger charge is 2.17. The van der Waals surface area contributed by atoms with Crippen LogP contribution >= 0.6 is 15.9 Å². The monoisotopic (exact) mass is 862 g/mol. The van der Waals surface area contributed by atoms with Gasteiger partial charge in [0.15, 0.2) is 11.5 Å². The zero-order chi connectivity index (χ0) is 41.2. The van der Waals surface area contributed by atoms with E-state index in [9.17, 15) is 0 Å². The summed E-state index contributed by atoms with van der Waals surface area (Å²) in [5.74, 6) is 4.21. The summed E-state index contributed by atoms with van der Waals surface area (Å²) in [5.41, 5.74) is 6.94. The van der Waals surface area contributed by atoms with E-state index in [4.69, 9.17) is 33.2 Å². The first kappa shape index (κ1) is 41.5. The van der Waals surface area contributed by atoms with Crippen molar-refractivity contribution in [3.63, 3.8) is 0 Å². The Kier molecular flexibility index (Phi) is 15.2. The molecule has 0 N–H and O–H groups in total. The van der Waals surface area contributed by atoms with Crippen LogP contribution in [0.4, 0.5) is 0 Å². The van der Waals surface area contributed by atoms with Crippen molar-refractivity contribution in [2.75, 3.05) is 6.61 Å². The average molecular weight is 864 g/mol. The maximum Gasteiger partial charge on any atom is 0.203 e. The lowest BCUT2D eigenvalue weighted by Gasteiger charge is -2.19. The van der Waals surface area contributed by atoms with Gasteiger partial charge in [-0.15, -0.1) is 0 Å². The highest BCUT2D eigenvalue weighted by atomic mass is 79.9. The standard InChI is InChI=1S/C52H47BrO7/c1-2-23-54-52-50(59-37-44-24-46(55-33-39-15-7-3-8-16-39)30-47(25-44)56-34-40-17-9-4-10-18-40)28-43(32-53)29-51(52)60-38-45-26-48(57-35-41-19-11-5-12-20-41)31-49(27-45)58-36-42-21-13-6-14-22-42/h2-22,24-31H,1,23,32-38H2. The van der Waals surface area contributed by atoms with Gasteiger partial charge in [-0.3, -0.25) is 0 Å². The van der Waals surface area contributed by atoms with E-state index in [2.05, 4.69) is 22.5 Å². The van der Waals surface area contributed by atoms with Crippen molar-refractivity contribution in [2.45, 2.75) is 45.0 Å². The lowest BCUT2D eigenvalue weighted by Crippen LogP contribution is -2.06. The highest BCUT2D eigenvalue weighted by molar-refractivity contribution is 9.08. The summed E-state index contributed by atoms with van der Waals surface area (Å²) in [4.78, 5) is 0. The van der Waals surface area contributed by atoms with Crippen LogP contribution in [0.1, 0.15) is 38.9 Å². The Bertz CT molecular complexity index is 2110. The van der Waals surface area contributed by atoms with Crippen molar-refractivity contribution in [3.05, 3.63) is 221 Å². The fraction of sp³-hybridized carbons (Fsp3) is 0.154. The molecule has 0 amide bonds. The number of ether oxygens (including phenoxy) is 7. The summed E-state index contributed by atoms with van der Waals surface area (Å²) >= 11 is 3.64. The third-order valence-corrected chi connectivity index (χ3v) is 9.89. The molecular formula is C52H47BrO7. The van der Waals surface area contributed by atoms with Gasteiger partial charge < -0.3 is 33.2 Å². The molecule has 0 aliphatic rings. The fourth-order valence-corrected chi connectivity index (χ4v) is 6.58. The van der Waals surface area contributed by atoms with Crippen LogP contribution in [0.25, 0.3) is 0 Å². The zero-order valence-electron chi connectivity index (χ0n) is 33.3. The molecule has 7 nitrogen and oxygen atoms in total. The molecule has 0 saturated heterocycles. The SMILES string of the molecule is C=CCOc1c(OCc2cc(OCc3ccccc3)cc(OCc3ccccc3)c2)cc(CBr)cc1OCc1cc(OCc2ccccc2)cc(OCc2ccccc2)c1. The van der Waals surface area contributed by atoms with E-state index in [1.807, 2.05) is 170 Å². The molecule has 0 heterocycles. The van der Waals surface area contributed by atoms with Gasteiger partial charge >= 0.3 is 0 Å². The predicted octanol–water partition coefficient (Wildman–Crippen LogP) is 12.6. The molecule has 0 spiro atoms. The minimum atomic E-state index is 0.211. The number of hydrogen-bond donors (Lipinski definition) is 0. The number of alkyl halides is 1. The largest absolute Gasteiger partial charge is 0.489 e. The molecule has 0 radical (unpaired) electrons. The van der Waals surface area contributed by atoms with Crippen molar-refractivity contribution in [2.24, 2.45) is 0 Å². The summed E-state index contributed by atoms with van der Waals surface area (Å²) in [6.45, 7) is 6.22. The molecular weight excluding hydrogens is 816 g/mol. The summed E-state index contributed by atoms with van der Waals surface area (Å²) in [7, 11) is 0. The highest BCUT2D eigenvalue weighted by Crippen LogP contribution is 2.41. The summed E-state index contributed by atoms with van der Waals surface area (Å²) in [6, 6.07) is 55.9. The third kappa shape index (κ3) is 12.7. The molecule has 0 fully saturated rings. The molecule has 7 aromatic rings. The molecule has 0 aromatic heterocycles. The Hall–Kier alpha value is -6.64. The smallest absolute Gasteiger partial charge is 0.203 e. The van der Waals surface area contributed by atoms with Gasteiger partial charge in [-0.2, -0.15) is 0 Å². The number of benzene rings is 7. The van der Waals surface area contributed by atoms with Gasteiger partial charge in [0.05, 0.1) is 0 Å². The molecule has 7 rings (SSSR count). The fourth-order valence-electron chi connectivity index (χ4n) is 6.25. The number of rotatable bonds is 22. The zero-order valence-corrected chi connectivity index (χ0v) is 34.9. The molecule has 8 heteroatoms. The number of halogens is 1. The maximum atomic E-state index is 6.57. The quantitative estimate of drug-likeness (QED) is 0.0497. The van der Waals surface area contributed by atoms with Gasteiger partial charge in [-0.25, -0.2) is 0 Å². The van der Waals surface area contributed by atoms with Gasteiger partial charge in [-0.1, -0.05) is 150 Å². The Morgan fingerprint density at radius 3 is 0.967 bits per heavy atom. The van der Waals surface area contributed by atoms with Crippen LogP contribution < -0.4 is 33.2 Å². The second-order valence-corrected chi connectivity index (χ2v) is 14.5. The first-order chi connectivity index (χ1) is 29.6. The Morgan fingerprint density at radius 2 is 0.667 bits per heavy atom. The summed E-state index contributed by atoms with van der Waals surface area (Å²) in [5, 5.41) is 0.571. The minimum Gasteiger partial charge on any atom is -0.489 e. The number of hydrogen-bond acceptors (Lipinski definition) is 7. The van der Waals surface area contributed by atoms with Crippen molar-refractivity contribution < 1.29 is 33.2 Å². The second kappa shape index (κ2) is 21.9. The van der Waals surface area contributed by atoms with Gasteiger partial charge in [-0.05, 0) is 75.3 Å². The Balaban J connectivity index is 1.12. The van der Waals surface area contributed by atoms with Crippen molar-refractivity contribution >= 4 is 15.9 Å². The first-order valence-corrected chi connectivity index (χ1v) is 20.9. The molecule has 0 saturated carbocycles. The van der Waals surface area contributed by atoms with Crippen LogP contribution in [0.15, 0.2) is 183 Å². The van der Waals surface area contributed by atoms with Crippen LogP contribution in [0.2, 0.25) is 0 Å². The van der Waals surface area contributed by atoms with E-state index in [0.717, 1.165) is 38.9 Å². The van der Waals surface area contributed by atoms with Gasteiger partial charge in [0.2, 0.25) is 5.75 Å². The van der Waals surface area contributed by atoms with Crippen molar-refractivity contribution in [1.29, 1.82) is 0 Å². The molecule has 0 unspecified atom stereocenters. The van der Waals surface area contributed by atoms with E-state index in [1.54, 1.807) is 6.08 Å². The maximum absolute atomic E-state index is 6.57. The van der Waals surface area contributed by atoms with Crippen LogP contribution in [-0.2, 0) is 45.0 Å². The van der Waals surface area contributed by atoms with E-state index < -0.39 is 0 Å². The Labute approximate surface area is 360 Å². The van der Waals surface area contributed by atoms with E-state index >= 15 is 0 Å². The van der Waals surface area contributed by atoms with Crippen LogP contribution in [0.3, 0.4) is 0 Å². The summed E-state index contributed by atoms with van der Waals surface area (Å²) < 4.78 is 44.4. The topological polar surface area (TPSA) is 64.6 Å².